The van der Waals surface area contributed by atoms with E-state index in [1.165, 1.54) is 0 Å². The van der Waals surface area contributed by atoms with Gasteiger partial charge in [-0.15, -0.1) is 5.10 Å². The molecule has 24 heavy (non-hydrogen) atoms. The van der Waals surface area contributed by atoms with E-state index < -0.39 is 0 Å². The molecule has 0 unspecified atom stereocenters. The SMILES string of the molecule is COc1cccc(-c2nnsc2C(=O)NCc2ccc(Cl)cc2)c1. The molecule has 0 saturated heterocycles. The second kappa shape index (κ2) is 7.42. The number of carbonyl (C=O) groups excluding carboxylic acids is 1. The summed E-state index contributed by atoms with van der Waals surface area (Å²) in [6.45, 7) is 0.408. The highest BCUT2D eigenvalue weighted by molar-refractivity contribution is 7.08. The van der Waals surface area contributed by atoms with E-state index in [0.29, 0.717) is 27.9 Å². The number of amides is 1. The Hall–Kier alpha value is -2.44. The molecule has 5 nitrogen and oxygen atoms in total. The maximum atomic E-state index is 12.5. The van der Waals surface area contributed by atoms with E-state index in [4.69, 9.17) is 16.3 Å². The number of hydrogen-bond donors (Lipinski definition) is 1. The molecule has 7 heteroatoms. The van der Waals surface area contributed by atoms with Gasteiger partial charge in [-0.3, -0.25) is 4.79 Å². The monoisotopic (exact) mass is 359 g/mol. The van der Waals surface area contributed by atoms with Crippen molar-refractivity contribution in [2.24, 2.45) is 0 Å². The van der Waals surface area contributed by atoms with E-state index >= 15 is 0 Å². The molecule has 1 N–H and O–H groups in total. The lowest BCUT2D eigenvalue weighted by Crippen LogP contribution is -2.22. The average Bonchev–Trinajstić information content (AvgIpc) is 3.11. The van der Waals surface area contributed by atoms with Gasteiger partial charge in [-0.1, -0.05) is 40.4 Å². The van der Waals surface area contributed by atoms with Gasteiger partial charge in [-0.2, -0.15) is 0 Å². The van der Waals surface area contributed by atoms with Crippen LogP contribution in [-0.4, -0.2) is 22.6 Å². The predicted octanol–water partition coefficient (Wildman–Crippen LogP) is 3.80. The van der Waals surface area contributed by atoms with Crippen molar-refractivity contribution >= 4 is 29.0 Å². The van der Waals surface area contributed by atoms with Gasteiger partial charge < -0.3 is 10.1 Å². The van der Waals surface area contributed by atoms with Gasteiger partial charge in [0.15, 0.2) is 0 Å². The van der Waals surface area contributed by atoms with E-state index in [0.717, 1.165) is 22.7 Å². The third kappa shape index (κ3) is 3.72. The van der Waals surface area contributed by atoms with Crippen LogP contribution in [0.15, 0.2) is 48.5 Å². The van der Waals surface area contributed by atoms with Crippen molar-refractivity contribution in [3.63, 3.8) is 0 Å². The van der Waals surface area contributed by atoms with Gasteiger partial charge in [0.1, 0.15) is 16.3 Å². The summed E-state index contributed by atoms with van der Waals surface area (Å²) in [7, 11) is 1.60. The fraction of sp³-hybridized carbons (Fsp3) is 0.118. The minimum atomic E-state index is -0.210. The first-order valence-corrected chi connectivity index (χ1v) is 8.32. The molecule has 1 heterocycles. The highest BCUT2D eigenvalue weighted by Gasteiger charge is 2.18. The Bertz CT molecular complexity index is 849. The van der Waals surface area contributed by atoms with E-state index in [-0.39, 0.29) is 5.91 Å². The second-order valence-electron chi connectivity index (χ2n) is 4.99. The maximum absolute atomic E-state index is 12.5. The Morgan fingerprint density at radius 2 is 2.04 bits per heavy atom. The summed E-state index contributed by atoms with van der Waals surface area (Å²) in [5.74, 6) is 0.491. The molecule has 0 aliphatic rings. The van der Waals surface area contributed by atoms with Crippen molar-refractivity contribution in [1.82, 2.24) is 14.9 Å². The number of nitrogens with one attached hydrogen (secondary N) is 1. The molecule has 0 spiro atoms. The summed E-state index contributed by atoms with van der Waals surface area (Å²) in [5, 5.41) is 7.62. The number of nitrogens with zero attached hydrogens (tertiary/aromatic N) is 2. The Morgan fingerprint density at radius 1 is 1.25 bits per heavy atom. The lowest BCUT2D eigenvalue weighted by Gasteiger charge is -2.06. The van der Waals surface area contributed by atoms with E-state index in [2.05, 4.69) is 14.9 Å². The van der Waals surface area contributed by atoms with Crippen molar-refractivity contribution in [2.45, 2.75) is 6.54 Å². The minimum Gasteiger partial charge on any atom is -0.497 e. The molecule has 0 bridgehead atoms. The van der Waals surface area contributed by atoms with Crippen LogP contribution in [0.1, 0.15) is 15.2 Å². The fourth-order valence-corrected chi connectivity index (χ4v) is 2.89. The molecule has 0 aliphatic heterocycles. The predicted molar refractivity (Wildman–Crippen MR) is 94.5 cm³/mol. The maximum Gasteiger partial charge on any atom is 0.265 e. The van der Waals surface area contributed by atoms with Crippen LogP contribution in [0.2, 0.25) is 5.02 Å². The largest absolute Gasteiger partial charge is 0.497 e. The summed E-state index contributed by atoms with van der Waals surface area (Å²) in [4.78, 5) is 12.9. The first-order valence-electron chi connectivity index (χ1n) is 7.17. The Balaban J connectivity index is 1.76. The molecule has 0 aliphatic carbocycles. The zero-order chi connectivity index (χ0) is 16.9. The molecule has 0 saturated carbocycles. The molecule has 122 valence electrons. The van der Waals surface area contributed by atoms with Crippen molar-refractivity contribution in [2.75, 3.05) is 7.11 Å². The molecule has 0 radical (unpaired) electrons. The van der Waals surface area contributed by atoms with Crippen molar-refractivity contribution in [3.05, 3.63) is 64.0 Å². The van der Waals surface area contributed by atoms with Crippen LogP contribution in [0.25, 0.3) is 11.3 Å². The lowest BCUT2D eigenvalue weighted by atomic mass is 10.1. The quantitative estimate of drug-likeness (QED) is 0.752. The number of rotatable bonds is 5. The van der Waals surface area contributed by atoms with Crippen LogP contribution in [0.4, 0.5) is 0 Å². The first-order chi connectivity index (χ1) is 11.7. The number of halogens is 1. The Kier molecular flexibility index (Phi) is 5.08. The molecule has 0 atom stereocenters. The van der Waals surface area contributed by atoms with Gasteiger partial charge in [0, 0.05) is 17.1 Å². The topological polar surface area (TPSA) is 64.1 Å². The lowest BCUT2D eigenvalue weighted by molar-refractivity contribution is 0.0955. The van der Waals surface area contributed by atoms with Gasteiger partial charge in [0.25, 0.3) is 5.91 Å². The Labute approximate surface area is 148 Å². The summed E-state index contributed by atoms with van der Waals surface area (Å²) in [6.07, 6.45) is 0. The van der Waals surface area contributed by atoms with Crippen LogP contribution in [0, 0.1) is 0 Å². The summed E-state index contributed by atoms with van der Waals surface area (Å²) < 4.78 is 9.13. The highest BCUT2D eigenvalue weighted by atomic mass is 35.5. The molecule has 3 aromatic rings. The van der Waals surface area contributed by atoms with Crippen LogP contribution in [0.3, 0.4) is 0 Å². The van der Waals surface area contributed by atoms with Gasteiger partial charge >= 0.3 is 0 Å². The zero-order valence-corrected chi connectivity index (χ0v) is 14.4. The molecular formula is C17H14ClN3O2S. The van der Waals surface area contributed by atoms with E-state index in [9.17, 15) is 4.79 Å². The number of benzene rings is 2. The average molecular weight is 360 g/mol. The standard InChI is InChI=1S/C17H14ClN3O2S/c1-23-14-4-2-3-12(9-14)15-16(24-21-20-15)17(22)19-10-11-5-7-13(18)8-6-11/h2-9H,10H2,1H3,(H,19,22). The molecule has 1 amide bonds. The van der Waals surface area contributed by atoms with Crippen LogP contribution < -0.4 is 10.1 Å². The number of methoxy groups -OCH3 is 1. The van der Waals surface area contributed by atoms with Crippen LogP contribution in [0.5, 0.6) is 5.75 Å². The number of aromatic nitrogens is 2. The van der Waals surface area contributed by atoms with Crippen molar-refractivity contribution < 1.29 is 9.53 Å². The molecule has 2 aromatic carbocycles. The van der Waals surface area contributed by atoms with Gasteiger partial charge in [0.2, 0.25) is 0 Å². The summed E-state index contributed by atoms with van der Waals surface area (Å²) >= 11 is 6.92. The first kappa shape index (κ1) is 16.4. The number of hydrogen-bond acceptors (Lipinski definition) is 5. The van der Waals surface area contributed by atoms with Gasteiger partial charge in [0.05, 0.1) is 7.11 Å². The van der Waals surface area contributed by atoms with Gasteiger partial charge in [-0.25, -0.2) is 0 Å². The molecule has 0 fully saturated rings. The summed E-state index contributed by atoms with van der Waals surface area (Å²) in [6, 6.07) is 14.7. The fourth-order valence-electron chi connectivity index (χ4n) is 2.16. The molecular weight excluding hydrogens is 346 g/mol. The van der Waals surface area contributed by atoms with Crippen LogP contribution >= 0.6 is 23.1 Å². The molecule has 1 aromatic heterocycles. The van der Waals surface area contributed by atoms with Crippen molar-refractivity contribution in [3.8, 4) is 17.0 Å². The second-order valence-corrected chi connectivity index (χ2v) is 6.18. The van der Waals surface area contributed by atoms with Crippen LogP contribution in [-0.2, 0) is 6.54 Å². The normalized spacial score (nSPS) is 10.4. The van der Waals surface area contributed by atoms with E-state index in [1.807, 2.05) is 36.4 Å². The third-order valence-electron chi connectivity index (χ3n) is 3.40. The number of ether oxygens (including phenoxy) is 1. The Morgan fingerprint density at radius 3 is 2.79 bits per heavy atom. The smallest absolute Gasteiger partial charge is 0.265 e. The minimum absolute atomic E-state index is 0.210. The van der Waals surface area contributed by atoms with Crippen molar-refractivity contribution in [1.29, 1.82) is 0 Å². The highest BCUT2D eigenvalue weighted by Crippen LogP contribution is 2.27. The van der Waals surface area contributed by atoms with Gasteiger partial charge in [-0.05, 0) is 41.4 Å². The third-order valence-corrected chi connectivity index (χ3v) is 4.38. The van der Waals surface area contributed by atoms with E-state index in [1.54, 1.807) is 19.2 Å². The number of carbonyl (C=O) groups is 1. The molecule has 3 rings (SSSR count). The zero-order valence-electron chi connectivity index (χ0n) is 12.8. The summed E-state index contributed by atoms with van der Waals surface area (Å²) in [5.41, 5.74) is 2.31.